The van der Waals surface area contributed by atoms with Crippen LogP contribution >= 0.6 is 0 Å². The molecule has 0 aliphatic carbocycles. The number of piperidine rings is 1. The molecule has 1 aromatic rings. The Morgan fingerprint density at radius 2 is 2.04 bits per heavy atom. The molecule has 128 valence electrons. The highest BCUT2D eigenvalue weighted by Crippen LogP contribution is 2.24. The van der Waals surface area contributed by atoms with Gasteiger partial charge < -0.3 is 5.73 Å². The smallest absolute Gasteiger partial charge is 0.242 e. The van der Waals surface area contributed by atoms with Crippen LogP contribution in [0.2, 0.25) is 0 Å². The van der Waals surface area contributed by atoms with Gasteiger partial charge in [-0.3, -0.25) is 9.69 Å². The lowest BCUT2D eigenvalue weighted by Crippen LogP contribution is -2.45. The molecule has 0 saturated carbocycles. The number of benzene rings is 1. The molecule has 7 heteroatoms. The summed E-state index contributed by atoms with van der Waals surface area (Å²) in [5, 5.41) is 0. The molecule has 1 fully saturated rings. The minimum absolute atomic E-state index is 0.125. The van der Waals surface area contributed by atoms with Crippen molar-refractivity contribution in [2.24, 2.45) is 11.7 Å². The summed E-state index contributed by atoms with van der Waals surface area (Å²) in [5.41, 5.74) is 6.35. The molecule has 2 N–H and O–H groups in total. The standard InChI is InChI=1S/C16H25N3O3S/c1-12-7-8-14(16(17)20)11-19(12)10-13-5-4-6-15(9-13)23(21,22)18(2)3/h4-6,9,12,14H,7-8,10-11H2,1-3H3,(H2,17,20)/t12-,14-/m0/s1. The summed E-state index contributed by atoms with van der Waals surface area (Å²) < 4.78 is 25.7. The number of nitrogens with two attached hydrogens (primary N) is 1. The molecule has 1 aromatic carbocycles. The molecule has 0 unspecified atom stereocenters. The van der Waals surface area contributed by atoms with E-state index in [0.29, 0.717) is 19.1 Å². The van der Waals surface area contributed by atoms with Crippen molar-refractivity contribution in [2.75, 3.05) is 20.6 Å². The Labute approximate surface area is 138 Å². The third-order valence-corrected chi connectivity index (χ3v) is 6.29. The van der Waals surface area contributed by atoms with Crippen LogP contribution in [0.5, 0.6) is 0 Å². The van der Waals surface area contributed by atoms with Gasteiger partial charge >= 0.3 is 0 Å². The van der Waals surface area contributed by atoms with E-state index in [2.05, 4.69) is 11.8 Å². The second-order valence-electron chi connectivity index (χ2n) is 6.39. The molecule has 1 saturated heterocycles. The number of rotatable bonds is 5. The number of hydrogen-bond donors (Lipinski definition) is 1. The Morgan fingerprint density at radius 3 is 2.65 bits per heavy atom. The van der Waals surface area contributed by atoms with Gasteiger partial charge in [-0.2, -0.15) is 0 Å². The quantitative estimate of drug-likeness (QED) is 0.868. The summed E-state index contributed by atoms with van der Waals surface area (Å²) in [4.78, 5) is 13.9. The van der Waals surface area contributed by atoms with Gasteiger partial charge in [0.2, 0.25) is 15.9 Å². The number of nitrogens with zero attached hydrogens (tertiary/aromatic N) is 2. The summed E-state index contributed by atoms with van der Waals surface area (Å²) in [7, 11) is -0.397. The van der Waals surface area contributed by atoms with Crippen molar-refractivity contribution in [1.29, 1.82) is 0 Å². The van der Waals surface area contributed by atoms with E-state index in [0.717, 1.165) is 18.4 Å². The predicted octanol–water partition coefficient (Wildman–Crippen LogP) is 1.02. The molecule has 2 atom stereocenters. The molecule has 23 heavy (non-hydrogen) atoms. The van der Waals surface area contributed by atoms with Crippen molar-refractivity contribution in [3.05, 3.63) is 29.8 Å². The first-order chi connectivity index (χ1) is 10.7. The number of carbonyl (C=O) groups excluding carboxylic acids is 1. The summed E-state index contributed by atoms with van der Waals surface area (Å²) in [6, 6.07) is 7.32. The third-order valence-electron chi connectivity index (χ3n) is 4.48. The lowest BCUT2D eigenvalue weighted by atomic mass is 9.92. The highest BCUT2D eigenvalue weighted by Gasteiger charge is 2.28. The molecule has 0 radical (unpaired) electrons. The average Bonchev–Trinajstić information content (AvgIpc) is 2.49. The summed E-state index contributed by atoms with van der Waals surface area (Å²) in [6.45, 7) is 3.36. The maximum absolute atomic E-state index is 12.2. The zero-order chi connectivity index (χ0) is 17.2. The number of carbonyl (C=O) groups is 1. The van der Waals surface area contributed by atoms with Crippen LogP contribution in [-0.2, 0) is 21.4 Å². The molecule has 1 amide bonds. The topological polar surface area (TPSA) is 83.7 Å². The van der Waals surface area contributed by atoms with Gasteiger partial charge in [-0.05, 0) is 37.5 Å². The Kier molecular flexibility index (Phi) is 5.44. The molecule has 0 aromatic heterocycles. The number of sulfonamides is 1. The second kappa shape index (κ2) is 6.98. The van der Waals surface area contributed by atoms with E-state index in [1.165, 1.54) is 18.4 Å². The average molecular weight is 339 g/mol. The van der Waals surface area contributed by atoms with Gasteiger partial charge in [0, 0.05) is 33.2 Å². The Morgan fingerprint density at radius 1 is 1.35 bits per heavy atom. The minimum Gasteiger partial charge on any atom is -0.369 e. The van der Waals surface area contributed by atoms with Gasteiger partial charge in [0.05, 0.1) is 10.8 Å². The lowest BCUT2D eigenvalue weighted by Gasteiger charge is -2.36. The molecule has 0 bridgehead atoms. The van der Waals surface area contributed by atoms with Crippen molar-refractivity contribution < 1.29 is 13.2 Å². The van der Waals surface area contributed by atoms with Crippen LogP contribution in [0.25, 0.3) is 0 Å². The van der Waals surface area contributed by atoms with E-state index in [1.54, 1.807) is 18.2 Å². The number of amides is 1. The molecular formula is C16H25N3O3S. The third kappa shape index (κ3) is 4.10. The van der Waals surface area contributed by atoms with Crippen LogP contribution in [0.15, 0.2) is 29.2 Å². The van der Waals surface area contributed by atoms with Crippen molar-refractivity contribution in [1.82, 2.24) is 9.21 Å². The first kappa shape index (κ1) is 17.9. The molecular weight excluding hydrogens is 314 g/mol. The van der Waals surface area contributed by atoms with Crippen molar-refractivity contribution in [3.63, 3.8) is 0 Å². The van der Waals surface area contributed by atoms with Crippen LogP contribution in [0.1, 0.15) is 25.3 Å². The largest absolute Gasteiger partial charge is 0.369 e. The van der Waals surface area contributed by atoms with Crippen LogP contribution in [0.3, 0.4) is 0 Å². The second-order valence-corrected chi connectivity index (χ2v) is 8.54. The van der Waals surface area contributed by atoms with E-state index in [4.69, 9.17) is 5.73 Å². The van der Waals surface area contributed by atoms with Gasteiger partial charge in [0.1, 0.15) is 0 Å². The summed E-state index contributed by atoms with van der Waals surface area (Å²) in [5.74, 6) is -0.384. The Balaban J connectivity index is 2.18. The highest BCUT2D eigenvalue weighted by molar-refractivity contribution is 7.89. The van der Waals surface area contributed by atoms with Crippen molar-refractivity contribution in [3.8, 4) is 0 Å². The fourth-order valence-corrected chi connectivity index (χ4v) is 3.85. The van der Waals surface area contributed by atoms with Gasteiger partial charge in [-0.1, -0.05) is 12.1 Å². The Bertz CT molecular complexity index is 673. The van der Waals surface area contributed by atoms with Crippen LogP contribution in [0, 0.1) is 5.92 Å². The first-order valence-electron chi connectivity index (χ1n) is 7.76. The maximum Gasteiger partial charge on any atom is 0.242 e. The van der Waals surface area contributed by atoms with Crippen molar-refractivity contribution in [2.45, 2.75) is 37.2 Å². The van der Waals surface area contributed by atoms with E-state index < -0.39 is 10.0 Å². The van der Waals surface area contributed by atoms with E-state index in [1.807, 2.05) is 6.07 Å². The highest BCUT2D eigenvalue weighted by atomic mass is 32.2. The zero-order valence-corrected chi connectivity index (χ0v) is 14.7. The molecule has 0 spiro atoms. The fourth-order valence-electron chi connectivity index (χ4n) is 2.88. The number of primary amides is 1. The lowest BCUT2D eigenvalue weighted by molar-refractivity contribution is -0.124. The van der Waals surface area contributed by atoms with Crippen molar-refractivity contribution >= 4 is 15.9 Å². The molecule has 2 rings (SSSR count). The van der Waals surface area contributed by atoms with Crippen LogP contribution in [0.4, 0.5) is 0 Å². The maximum atomic E-state index is 12.2. The monoisotopic (exact) mass is 339 g/mol. The van der Waals surface area contributed by atoms with Crippen LogP contribution < -0.4 is 5.73 Å². The van der Waals surface area contributed by atoms with Gasteiger partial charge in [0.15, 0.2) is 0 Å². The van der Waals surface area contributed by atoms with E-state index in [9.17, 15) is 13.2 Å². The predicted molar refractivity (Wildman–Crippen MR) is 89.1 cm³/mol. The normalized spacial score (nSPS) is 23.1. The van der Waals surface area contributed by atoms with E-state index >= 15 is 0 Å². The first-order valence-corrected chi connectivity index (χ1v) is 9.20. The summed E-state index contributed by atoms with van der Waals surface area (Å²) in [6.07, 6.45) is 1.74. The molecule has 1 aliphatic rings. The number of likely N-dealkylation sites (tertiary alicyclic amines) is 1. The Hall–Kier alpha value is -1.44. The number of hydrogen-bond acceptors (Lipinski definition) is 4. The van der Waals surface area contributed by atoms with E-state index in [-0.39, 0.29) is 16.7 Å². The SMILES string of the molecule is C[C@H]1CC[C@H](C(N)=O)CN1Cc1cccc(S(=O)(=O)N(C)C)c1. The molecule has 1 heterocycles. The molecule has 6 nitrogen and oxygen atoms in total. The zero-order valence-electron chi connectivity index (χ0n) is 13.9. The van der Waals surface area contributed by atoms with Gasteiger partial charge in [0.25, 0.3) is 0 Å². The summed E-state index contributed by atoms with van der Waals surface area (Å²) >= 11 is 0. The molecule has 1 aliphatic heterocycles. The van der Waals surface area contributed by atoms with Gasteiger partial charge in [-0.15, -0.1) is 0 Å². The fraction of sp³-hybridized carbons (Fsp3) is 0.562. The minimum atomic E-state index is -3.44. The van der Waals surface area contributed by atoms with Crippen LogP contribution in [-0.4, -0.2) is 50.2 Å². The van der Waals surface area contributed by atoms with Gasteiger partial charge in [-0.25, -0.2) is 12.7 Å².